The van der Waals surface area contributed by atoms with Gasteiger partial charge in [-0.2, -0.15) is 0 Å². The topological polar surface area (TPSA) is 17.1 Å². The molecule has 0 aliphatic carbocycles. The Bertz CT molecular complexity index is 570. The molecule has 0 N–H and O–H groups in total. The summed E-state index contributed by atoms with van der Waals surface area (Å²) in [6.45, 7) is 3.94. The Morgan fingerprint density at radius 1 is 1.06 bits per heavy atom. The Hall–Kier alpha value is -1.60. The Kier molecular flexibility index (Phi) is 3.83. The van der Waals surface area contributed by atoms with E-state index in [0.29, 0.717) is 17.0 Å². The average Bonchev–Trinajstić information content (AvgIpc) is 2.35. The highest BCUT2D eigenvalue weighted by molar-refractivity contribution is 6.34. The molecular formula is C16H15ClO. The van der Waals surface area contributed by atoms with Crippen LogP contribution in [-0.2, 0) is 6.42 Å². The highest BCUT2D eigenvalue weighted by Crippen LogP contribution is 2.22. The van der Waals surface area contributed by atoms with Crippen LogP contribution in [0, 0.1) is 13.8 Å². The lowest BCUT2D eigenvalue weighted by Gasteiger charge is -2.06. The van der Waals surface area contributed by atoms with Crippen molar-refractivity contribution in [1.29, 1.82) is 0 Å². The number of rotatable bonds is 3. The standard InChI is InChI=1S/C16H15ClO/c1-11-6-8-13(9-7-11)10-15(18)14-5-3-4-12(2)16(14)17/h3-9H,10H2,1-2H3. The van der Waals surface area contributed by atoms with Crippen molar-refractivity contribution in [3.8, 4) is 0 Å². The molecule has 2 aromatic carbocycles. The highest BCUT2D eigenvalue weighted by Gasteiger charge is 2.12. The van der Waals surface area contributed by atoms with Crippen molar-refractivity contribution < 1.29 is 4.79 Å². The fourth-order valence-electron chi connectivity index (χ4n) is 1.85. The van der Waals surface area contributed by atoms with E-state index < -0.39 is 0 Å². The molecule has 0 fully saturated rings. The summed E-state index contributed by atoms with van der Waals surface area (Å²) >= 11 is 6.16. The number of halogens is 1. The number of aryl methyl sites for hydroxylation is 2. The predicted octanol–water partition coefficient (Wildman–Crippen LogP) is 4.38. The minimum absolute atomic E-state index is 0.0625. The van der Waals surface area contributed by atoms with Gasteiger partial charge in [-0.3, -0.25) is 4.79 Å². The largest absolute Gasteiger partial charge is 0.294 e. The maximum atomic E-state index is 12.2. The van der Waals surface area contributed by atoms with Gasteiger partial charge in [0.1, 0.15) is 0 Å². The van der Waals surface area contributed by atoms with Crippen LogP contribution in [0.25, 0.3) is 0 Å². The summed E-state index contributed by atoms with van der Waals surface area (Å²) < 4.78 is 0. The lowest BCUT2D eigenvalue weighted by molar-refractivity contribution is 0.0993. The number of carbonyl (C=O) groups is 1. The second-order valence-electron chi connectivity index (χ2n) is 4.52. The molecule has 0 saturated carbocycles. The fourth-order valence-corrected chi connectivity index (χ4v) is 2.08. The minimum atomic E-state index is 0.0625. The average molecular weight is 259 g/mol. The number of Topliss-reactive ketones (excluding diaryl/α,β-unsaturated/α-hetero) is 1. The van der Waals surface area contributed by atoms with Gasteiger partial charge in [-0.15, -0.1) is 0 Å². The second-order valence-corrected chi connectivity index (χ2v) is 4.90. The third-order valence-corrected chi connectivity index (χ3v) is 3.48. The number of carbonyl (C=O) groups excluding carboxylic acids is 1. The van der Waals surface area contributed by atoms with E-state index in [-0.39, 0.29) is 5.78 Å². The minimum Gasteiger partial charge on any atom is -0.294 e. The van der Waals surface area contributed by atoms with Crippen LogP contribution in [0.15, 0.2) is 42.5 Å². The van der Waals surface area contributed by atoms with E-state index in [1.54, 1.807) is 6.07 Å². The summed E-state index contributed by atoms with van der Waals surface area (Å²) in [5.41, 5.74) is 3.76. The zero-order valence-corrected chi connectivity index (χ0v) is 11.3. The fraction of sp³-hybridized carbons (Fsp3) is 0.188. The van der Waals surface area contributed by atoms with Crippen LogP contribution in [0.3, 0.4) is 0 Å². The van der Waals surface area contributed by atoms with Gasteiger partial charge >= 0.3 is 0 Å². The first kappa shape index (κ1) is 12.8. The summed E-state index contributed by atoms with van der Waals surface area (Å²) in [4.78, 5) is 12.2. The first-order valence-corrected chi connectivity index (χ1v) is 6.29. The maximum absolute atomic E-state index is 12.2. The molecule has 0 spiro atoms. The van der Waals surface area contributed by atoms with Gasteiger partial charge in [-0.25, -0.2) is 0 Å². The van der Waals surface area contributed by atoms with Gasteiger partial charge in [-0.05, 0) is 31.0 Å². The van der Waals surface area contributed by atoms with E-state index in [2.05, 4.69) is 0 Å². The van der Waals surface area contributed by atoms with E-state index in [9.17, 15) is 4.79 Å². The van der Waals surface area contributed by atoms with Crippen molar-refractivity contribution in [1.82, 2.24) is 0 Å². The molecule has 2 heteroatoms. The molecule has 0 bridgehead atoms. The number of hydrogen-bond donors (Lipinski definition) is 0. The third-order valence-electron chi connectivity index (χ3n) is 2.98. The molecule has 0 saturated heterocycles. The van der Waals surface area contributed by atoms with Gasteiger partial charge in [0.15, 0.2) is 5.78 Å². The van der Waals surface area contributed by atoms with Gasteiger partial charge < -0.3 is 0 Å². The number of hydrogen-bond acceptors (Lipinski definition) is 1. The Morgan fingerprint density at radius 2 is 1.72 bits per heavy atom. The van der Waals surface area contributed by atoms with Crippen molar-refractivity contribution >= 4 is 17.4 Å². The molecular weight excluding hydrogens is 244 g/mol. The molecule has 0 heterocycles. The maximum Gasteiger partial charge on any atom is 0.168 e. The van der Waals surface area contributed by atoms with Crippen molar-refractivity contribution in [3.63, 3.8) is 0 Å². The molecule has 0 aliphatic rings. The first-order chi connectivity index (χ1) is 8.58. The Balaban J connectivity index is 2.22. The van der Waals surface area contributed by atoms with Crippen LogP contribution in [0.5, 0.6) is 0 Å². The quantitative estimate of drug-likeness (QED) is 0.747. The highest BCUT2D eigenvalue weighted by atomic mass is 35.5. The van der Waals surface area contributed by atoms with Crippen molar-refractivity contribution in [2.24, 2.45) is 0 Å². The molecule has 0 unspecified atom stereocenters. The molecule has 0 aromatic heterocycles. The van der Waals surface area contributed by atoms with Crippen molar-refractivity contribution in [2.75, 3.05) is 0 Å². The zero-order valence-electron chi connectivity index (χ0n) is 10.5. The molecule has 2 rings (SSSR count). The molecule has 0 amide bonds. The first-order valence-electron chi connectivity index (χ1n) is 5.92. The summed E-state index contributed by atoms with van der Waals surface area (Å²) in [5, 5.41) is 0.564. The van der Waals surface area contributed by atoms with Crippen molar-refractivity contribution in [2.45, 2.75) is 20.3 Å². The lowest BCUT2D eigenvalue weighted by atomic mass is 10.0. The third kappa shape index (κ3) is 2.80. The SMILES string of the molecule is Cc1ccc(CC(=O)c2cccc(C)c2Cl)cc1. The molecule has 92 valence electrons. The zero-order chi connectivity index (χ0) is 13.1. The normalized spacial score (nSPS) is 10.4. The van der Waals surface area contributed by atoms with Crippen LogP contribution in [0.4, 0.5) is 0 Å². The van der Waals surface area contributed by atoms with E-state index in [1.807, 2.05) is 50.2 Å². The van der Waals surface area contributed by atoms with E-state index in [4.69, 9.17) is 11.6 Å². The summed E-state index contributed by atoms with van der Waals surface area (Å²) in [6, 6.07) is 13.6. The molecule has 1 nitrogen and oxygen atoms in total. The van der Waals surface area contributed by atoms with Crippen LogP contribution in [0.2, 0.25) is 5.02 Å². The molecule has 18 heavy (non-hydrogen) atoms. The Morgan fingerprint density at radius 3 is 2.39 bits per heavy atom. The second kappa shape index (κ2) is 5.36. The molecule has 2 aromatic rings. The predicted molar refractivity (Wildman–Crippen MR) is 75.4 cm³/mol. The molecule has 0 radical (unpaired) electrons. The van der Waals surface area contributed by atoms with E-state index in [1.165, 1.54) is 5.56 Å². The van der Waals surface area contributed by atoms with Crippen LogP contribution in [-0.4, -0.2) is 5.78 Å². The van der Waals surface area contributed by atoms with Crippen LogP contribution < -0.4 is 0 Å². The smallest absolute Gasteiger partial charge is 0.168 e. The Labute approximate surface area is 112 Å². The van der Waals surface area contributed by atoms with Crippen molar-refractivity contribution in [3.05, 3.63) is 69.7 Å². The van der Waals surface area contributed by atoms with Crippen LogP contribution >= 0.6 is 11.6 Å². The van der Waals surface area contributed by atoms with E-state index >= 15 is 0 Å². The molecule has 0 atom stereocenters. The lowest BCUT2D eigenvalue weighted by Crippen LogP contribution is -2.05. The summed E-state index contributed by atoms with van der Waals surface area (Å²) in [5.74, 6) is 0.0625. The molecule has 0 aliphatic heterocycles. The van der Waals surface area contributed by atoms with Crippen LogP contribution in [0.1, 0.15) is 27.0 Å². The summed E-state index contributed by atoms with van der Waals surface area (Å²) in [6.07, 6.45) is 0.392. The monoisotopic (exact) mass is 258 g/mol. The number of benzene rings is 2. The van der Waals surface area contributed by atoms with E-state index in [0.717, 1.165) is 11.1 Å². The van der Waals surface area contributed by atoms with Gasteiger partial charge in [0.25, 0.3) is 0 Å². The summed E-state index contributed by atoms with van der Waals surface area (Å²) in [7, 11) is 0. The van der Waals surface area contributed by atoms with Gasteiger partial charge in [0.05, 0.1) is 5.02 Å². The van der Waals surface area contributed by atoms with Gasteiger partial charge in [0, 0.05) is 12.0 Å². The number of ketones is 1. The van der Waals surface area contributed by atoms with Gasteiger partial charge in [-0.1, -0.05) is 53.6 Å². The van der Waals surface area contributed by atoms with Gasteiger partial charge in [0.2, 0.25) is 0 Å².